The number of anilines is 1. The SMILES string of the molecule is Cc1oc2ncnc(NC3(C)CC3)c2c1C(=O)NC1CCO1. The maximum absolute atomic E-state index is 12.5. The van der Waals surface area contributed by atoms with Gasteiger partial charge in [-0.1, -0.05) is 0 Å². The Labute approximate surface area is 127 Å². The Morgan fingerprint density at radius 2 is 2.18 bits per heavy atom. The monoisotopic (exact) mass is 302 g/mol. The zero-order valence-electron chi connectivity index (χ0n) is 12.6. The molecule has 2 aromatic rings. The molecule has 7 heteroatoms. The highest BCUT2D eigenvalue weighted by Gasteiger charge is 2.38. The van der Waals surface area contributed by atoms with Gasteiger partial charge in [0, 0.05) is 12.0 Å². The van der Waals surface area contributed by atoms with E-state index in [2.05, 4.69) is 27.5 Å². The molecule has 0 bridgehead atoms. The van der Waals surface area contributed by atoms with E-state index < -0.39 is 0 Å². The Bertz CT molecular complexity index is 747. The minimum atomic E-state index is -0.209. The number of rotatable bonds is 4. The standard InChI is InChI=1S/C15H18N4O3/c1-8-10(13(20)18-9-3-6-21-9)11-12(19-15(2)4-5-15)16-7-17-14(11)22-8/h7,9H,3-6H2,1-2H3,(H,18,20)(H,16,17,19). The van der Waals surface area contributed by atoms with Crippen LogP contribution in [0, 0.1) is 6.92 Å². The van der Waals surface area contributed by atoms with Gasteiger partial charge in [0.05, 0.1) is 17.6 Å². The van der Waals surface area contributed by atoms with Gasteiger partial charge in [-0.3, -0.25) is 4.79 Å². The summed E-state index contributed by atoms with van der Waals surface area (Å²) in [6.45, 7) is 4.58. The van der Waals surface area contributed by atoms with E-state index in [-0.39, 0.29) is 17.7 Å². The third kappa shape index (κ3) is 2.21. The number of ether oxygens (including phenoxy) is 1. The fourth-order valence-electron chi connectivity index (χ4n) is 2.58. The number of carbonyl (C=O) groups excluding carboxylic acids is 1. The topological polar surface area (TPSA) is 89.3 Å². The number of nitrogens with zero attached hydrogens (tertiary/aromatic N) is 2. The molecule has 1 atom stereocenters. The number of nitrogens with one attached hydrogen (secondary N) is 2. The third-order valence-corrected chi connectivity index (χ3v) is 4.30. The predicted molar refractivity (Wildman–Crippen MR) is 79.6 cm³/mol. The average molecular weight is 302 g/mol. The number of aryl methyl sites for hydroxylation is 1. The quantitative estimate of drug-likeness (QED) is 0.897. The van der Waals surface area contributed by atoms with Crippen molar-refractivity contribution in [1.82, 2.24) is 15.3 Å². The molecule has 2 N–H and O–H groups in total. The minimum absolute atomic E-state index is 0.0529. The van der Waals surface area contributed by atoms with Crippen LogP contribution in [0.15, 0.2) is 10.7 Å². The van der Waals surface area contributed by atoms with Gasteiger partial charge < -0.3 is 19.8 Å². The van der Waals surface area contributed by atoms with Gasteiger partial charge in [-0.25, -0.2) is 9.97 Å². The second-order valence-corrected chi connectivity index (χ2v) is 6.24. The molecule has 1 amide bonds. The second-order valence-electron chi connectivity index (χ2n) is 6.24. The van der Waals surface area contributed by atoms with Crippen LogP contribution in [0.5, 0.6) is 0 Å². The molecular weight excluding hydrogens is 284 g/mol. The average Bonchev–Trinajstić information content (AvgIpc) is 3.04. The van der Waals surface area contributed by atoms with Gasteiger partial charge in [-0.15, -0.1) is 0 Å². The molecule has 116 valence electrons. The predicted octanol–water partition coefficient (Wildman–Crippen LogP) is 1.97. The molecule has 0 aromatic carbocycles. The number of carbonyl (C=O) groups is 1. The summed E-state index contributed by atoms with van der Waals surface area (Å²) in [4.78, 5) is 21.0. The summed E-state index contributed by atoms with van der Waals surface area (Å²) in [7, 11) is 0. The van der Waals surface area contributed by atoms with Crippen molar-refractivity contribution in [3.05, 3.63) is 17.7 Å². The first-order chi connectivity index (χ1) is 10.6. The number of fused-ring (bicyclic) bond motifs is 1. The molecule has 1 saturated carbocycles. The Morgan fingerprint density at radius 3 is 2.82 bits per heavy atom. The van der Waals surface area contributed by atoms with Crippen LogP contribution in [-0.4, -0.2) is 34.2 Å². The molecule has 1 aliphatic heterocycles. The first kappa shape index (κ1) is 13.5. The van der Waals surface area contributed by atoms with Crippen molar-refractivity contribution in [1.29, 1.82) is 0 Å². The summed E-state index contributed by atoms with van der Waals surface area (Å²) >= 11 is 0. The van der Waals surface area contributed by atoms with Crippen LogP contribution in [0.1, 0.15) is 42.3 Å². The molecule has 1 aliphatic carbocycles. The van der Waals surface area contributed by atoms with Crippen molar-refractivity contribution < 1.29 is 13.9 Å². The largest absolute Gasteiger partial charge is 0.442 e. The van der Waals surface area contributed by atoms with E-state index in [9.17, 15) is 4.79 Å². The van der Waals surface area contributed by atoms with E-state index >= 15 is 0 Å². The highest BCUT2D eigenvalue weighted by atomic mass is 16.5. The van der Waals surface area contributed by atoms with E-state index in [1.54, 1.807) is 6.92 Å². The van der Waals surface area contributed by atoms with Gasteiger partial charge >= 0.3 is 0 Å². The molecule has 1 saturated heterocycles. The Balaban J connectivity index is 1.75. The molecule has 0 radical (unpaired) electrons. The van der Waals surface area contributed by atoms with Gasteiger partial charge in [0.25, 0.3) is 5.91 Å². The van der Waals surface area contributed by atoms with Gasteiger partial charge in [0.15, 0.2) is 0 Å². The number of hydrogen-bond acceptors (Lipinski definition) is 6. The normalized spacial score (nSPS) is 22.2. The van der Waals surface area contributed by atoms with Crippen LogP contribution in [-0.2, 0) is 4.74 Å². The molecule has 2 aromatic heterocycles. The lowest BCUT2D eigenvalue weighted by molar-refractivity contribution is -0.0646. The lowest BCUT2D eigenvalue weighted by Crippen LogP contribution is -2.44. The third-order valence-electron chi connectivity index (χ3n) is 4.30. The summed E-state index contributed by atoms with van der Waals surface area (Å²) in [6.07, 6.45) is 4.26. The van der Waals surface area contributed by atoms with Crippen molar-refractivity contribution >= 4 is 22.8 Å². The van der Waals surface area contributed by atoms with Crippen molar-refractivity contribution in [3.63, 3.8) is 0 Å². The summed E-state index contributed by atoms with van der Waals surface area (Å²) in [5.41, 5.74) is 0.967. The molecule has 0 spiro atoms. The first-order valence-corrected chi connectivity index (χ1v) is 7.50. The zero-order valence-corrected chi connectivity index (χ0v) is 12.6. The fraction of sp³-hybridized carbons (Fsp3) is 0.533. The smallest absolute Gasteiger partial charge is 0.257 e. The van der Waals surface area contributed by atoms with Crippen LogP contribution in [0.2, 0.25) is 0 Å². The fourth-order valence-corrected chi connectivity index (χ4v) is 2.58. The molecule has 1 unspecified atom stereocenters. The van der Waals surface area contributed by atoms with E-state index in [0.717, 1.165) is 19.3 Å². The maximum Gasteiger partial charge on any atom is 0.257 e. The van der Waals surface area contributed by atoms with Crippen molar-refractivity contribution in [2.45, 2.75) is 44.9 Å². The highest BCUT2D eigenvalue weighted by molar-refractivity contribution is 6.10. The zero-order chi connectivity index (χ0) is 15.3. The molecule has 3 heterocycles. The van der Waals surface area contributed by atoms with Crippen LogP contribution in [0.25, 0.3) is 11.1 Å². The van der Waals surface area contributed by atoms with Crippen molar-refractivity contribution in [3.8, 4) is 0 Å². The lowest BCUT2D eigenvalue weighted by atomic mass is 10.1. The maximum atomic E-state index is 12.5. The lowest BCUT2D eigenvalue weighted by Gasteiger charge is -2.27. The van der Waals surface area contributed by atoms with Crippen LogP contribution < -0.4 is 10.6 Å². The van der Waals surface area contributed by atoms with Crippen LogP contribution >= 0.6 is 0 Å². The van der Waals surface area contributed by atoms with E-state index in [0.29, 0.717) is 34.8 Å². The number of furan rings is 1. The molecule has 2 aliphatic rings. The Kier molecular flexibility index (Phi) is 2.87. The summed E-state index contributed by atoms with van der Waals surface area (Å²) < 4.78 is 10.9. The van der Waals surface area contributed by atoms with Crippen LogP contribution in [0.3, 0.4) is 0 Å². The van der Waals surface area contributed by atoms with Crippen molar-refractivity contribution in [2.24, 2.45) is 0 Å². The number of amides is 1. The minimum Gasteiger partial charge on any atom is -0.442 e. The Morgan fingerprint density at radius 1 is 1.41 bits per heavy atom. The summed E-state index contributed by atoms with van der Waals surface area (Å²) in [6, 6.07) is 0. The molecule has 22 heavy (non-hydrogen) atoms. The summed E-state index contributed by atoms with van der Waals surface area (Å²) in [5, 5.41) is 6.90. The van der Waals surface area contributed by atoms with Crippen molar-refractivity contribution in [2.75, 3.05) is 11.9 Å². The number of aromatic nitrogens is 2. The van der Waals surface area contributed by atoms with Gasteiger partial charge in [0.2, 0.25) is 5.71 Å². The Hall–Kier alpha value is -2.15. The first-order valence-electron chi connectivity index (χ1n) is 7.50. The molecule has 4 rings (SSSR count). The molecule has 7 nitrogen and oxygen atoms in total. The second kappa shape index (κ2) is 4.67. The van der Waals surface area contributed by atoms with Gasteiger partial charge in [-0.05, 0) is 26.7 Å². The summed E-state index contributed by atoms with van der Waals surface area (Å²) in [5.74, 6) is 0.984. The van der Waals surface area contributed by atoms with E-state index in [4.69, 9.17) is 9.15 Å². The van der Waals surface area contributed by atoms with E-state index in [1.165, 1.54) is 6.33 Å². The van der Waals surface area contributed by atoms with Gasteiger partial charge in [0.1, 0.15) is 24.1 Å². The highest BCUT2D eigenvalue weighted by Crippen LogP contribution is 2.40. The molecular formula is C15H18N4O3. The number of hydrogen-bond donors (Lipinski definition) is 2. The van der Waals surface area contributed by atoms with Gasteiger partial charge in [-0.2, -0.15) is 0 Å². The molecule has 2 fully saturated rings. The van der Waals surface area contributed by atoms with E-state index in [1.807, 2.05) is 0 Å². The van der Waals surface area contributed by atoms with Crippen LogP contribution in [0.4, 0.5) is 5.82 Å².